The topological polar surface area (TPSA) is 63.6 Å². The molecule has 0 heterocycles. The molecule has 0 unspecified atom stereocenters. The van der Waals surface area contributed by atoms with Crippen LogP contribution < -0.4 is 0 Å². The van der Waals surface area contributed by atoms with Gasteiger partial charge in [0.25, 0.3) is 0 Å². The number of carbonyl (C=O) groups is 2. The Labute approximate surface area is 119 Å². The van der Waals surface area contributed by atoms with Gasteiger partial charge in [0.2, 0.25) is 0 Å². The number of carbonyl (C=O) groups excluding carboxylic acids is 1. The van der Waals surface area contributed by atoms with Gasteiger partial charge in [0.1, 0.15) is 5.60 Å². The van der Waals surface area contributed by atoms with Crippen molar-refractivity contribution in [1.82, 2.24) is 0 Å². The molecule has 1 N–H and O–H groups in total. The number of hydrogen-bond donors (Lipinski definition) is 1. The van der Waals surface area contributed by atoms with Crippen LogP contribution in [-0.4, -0.2) is 22.6 Å². The third-order valence-corrected chi connectivity index (χ3v) is 2.58. The molecule has 20 heavy (non-hydrogen) atoms. The molecule has 0 aliphatic carbocycles. The van der Waals surface area contributed by atoms with Crippen molar-refractivity contribution in [3.8, 4) is 0 Å². The zero-order valence-corrected chi connectivity index (χ0v) is 12.3. The molecule has 4 nitrogen and oxygen atoms in total. The Morgan fingerprint density at radius 3 is 2.45 bits per heavy atom. The van der Waals surface area contributed by atoms with Crippen LogP contribution in [0.5, 0.6) is 0 Å². The lowest BCUT2D eigenvalue weighted by Gasteiger charge is -2.18. The maximum absolute atomic E-state index is 11.6. The monoisotopic (exact) mass is 276 g/mol. The first-order valence-corrected chi connectivity index (χ1v) is 6.50. The minimum Gasteiger partial charge on any atom is -0.478 e. The van der Waals surface area contributed by atoms with Crippen molar-refractivity contribution in [2.24, 2.45) is 0 Å². The molecule has 0 saturated heterocycles. The summed E-state index contributed by atoms with van der Waals surface area (Å²) in [7, 11) is 0. The zero-order chi connectivity index (χ0) is 15.3. The highest BCUT2D eigenvalue weighted by Crippen LogP contribution is 2.15. The van der Waals surface area contributed by atoms with Crippen LogP contribution in [0.25, 0.3) is 6.08 Å². The normalized spacial score (nSPS) is 11.6. The van der Waals surface area contributed by atoms with Crippen LogP contribution in [0.3, 0.4) is 0 Å². The van der Waals surface area contributed by atoms with Crippen LogP contribution in [0.15, 0.2) is 24.3 Å². The number of aromatic carboxylic acids is 1. The van der Waals surface area contributed by atoms with E-state index in [0.717, 1.165) is 11.1 Å². The number of carboxylic acid groups (broad SMARTS) is 1. The predicted molar refractivity (Wildman–Crippen MR) is 77.7 cm³/mol. The Kier molecular flexibility index (Phi) is 5.08. The van der Waals surface area contributed by atoms with Crippen molar-refractivity contribution in [2.45, 2.75) is 39.7 Å². The Balaban J connectivity index is 2.92. The Hall–Kier alpha value is -2.10. The van der Waals surface area contributed by atoms with Gasteiger partial charge in [-0.3, -0.25) is 0 Å². The average molecular weight is 276 g/mol. The highest BCUT2D eigenvalue weighted by Gasteiger charge is 2.14. The van der Waals surface area contributed by atoms with Crippen molar-refractivity contribution in [2.75, 3.05) is 0 Å². The Morgan fingerprint density at radius 2 is 1.95 bits per heavy atom. The van der Waals surface area contributed by atoms with Crippen molar-refractivity contribution in [3.63, 3.8) is 0 Å². The number of aryl methyl sites for hydroxylation is 1. The van der Waals surface area contributed by atoms with Crippen LogP contribution in [-0.2, 0) is 16.0 Å². The van der Waals surface area contributed by atoms with Crippen LogP contribution in [0, 0.1) is 0 Å². The molecular formula is C16H20O4. The molecule has 4 heteroatoms. The van der Waals surface area contributed by atoms with E-state index in [0.29, 0.717) is 6.42 Å². The van der Waals surface area contributed by atoms with E-state index in [1.807, 2.05) is 6.92 Å². The predicted octanol–water partition coefficient (Wildman–Crippen LogP) is 3.30. The highest BCUT2D eigenvalue weighted by molar-refractivity contribution is 5.90. The van der Waals surface area contributed by atoms with Gasteiger partial charge in [0.15, 0.2) is 0 Å². The van der Waals surface area contributed by atoms with Crippen molar-refractivity contribution in [1.29, 1.82) is 0 Å². The van der Waals surface area contributed by atoms with Gasteiger partial charge in [-0.05, 0) is 56.5 Å². The second-order valence-corrected chi connectivity index (χ2v) is 5.44. The highest BCUT2D eigenvalue weighted by atomic mass is 16.6. The van der Waals surface area contributed by atoms with Gasteiger partial charge in [-0.15, -0.1) is 0 Å². The molecule has 0 bridgehead atoms. The molecule has 1 aromatic carbocycles. The third-order valence-electron chi connectivity index (χ3n) is 2.58. The summed E-state index contributed by atoms with van der Waals surface area (Å²) < 4.78 is 5.18. The summed E-state index contributed by atoms with van der Waals surface area (Å²) in [6.07, 6.45) is 3.70. The molecule has 0 aromatic heterocycles. The van der Waals surface area contributed by atoms with Gasteiger partial charge in [0, 0.05) is 6.08 Å². The van der Waals surface area contributed by atoms with Gasteiger partial charge in [-0.2, -0.15) is 0 Å². The number of rotatable bonds is 4. The minimum atomic E-state index is -0.956. The molecule has 0 radical (unpaired) electrons. The fourth-order valence-electron chi connectivity index (χ4n) is 1.70. The van der Waals surface area contributed by atoms with E-state index in [-0.39, 0.29) is 5.56 Å². The molecule has 0 saturated carbocycles. The summed E-state index contributed by atoms with van der Waals surface area (Å²) in [5.74, 6) is -1.37. The zero-order valence-electron chi connectivity index (χ0n) is 12.3. The van der Waals surface area contributed by atoms with E-state index in [2.05, 4.69) is 0 Å². The third kappa shape index (κ3) is 4.88. The number of esters is 1. The second kappa shape index (κ2) is 6.37. The lowest BCUT2D eigenvalue weighted by molar-refractivity contribution is -0.148. The average Bonchev–Trinajstić information content (AvgIpc) is 2.33. The molecule has 0 fully saturated rings. The van der Waals surface area contributed by atoms with E-state index in [1.165, 1.54) is 12.1 Å². The smallest absolute Gasteiger partial charge is 0.335 e. The van der Waals surface area contributed by atoms with Gasteiger partial charge in [0.05, 0.1) is 5.56 Å². The molecule has 1 aromatic rings. The van der Waals surface area contributed by atoms with Crippen LogP contribution in [0.1, 0.15) is 49.2 Å². The number of carboxylic acids is 1. The summed E-state index contributed by atoms with van der Waals surface area (Å²) >= 11 is 0. The SMILES string of the molecule is CCc1cc(C(=O)O)ccc1/C=C/C(=O)OC(C)(C)C. The quantitative estimate of drug-likeness (QED) is 0.677. The van der Waals surface area contributed by atoms with Gasteiger partial charge >= 0.3 is 11.9 Å². The molecule has 0 aliphatic heterocycles. The van der Waals surface area contributed by atoms with Crippen molar-refractivity contribution >= 4 is 18.0 Å². The largest absolute Gasteiger partial charge is 0.478 e. The molecular weight excluding hydrogens is 256 g/mol. The van der Waals surface area contributed by atoms with Gasteiger partial charge < -0.3 is 9.84 Å². The first-order chi connectivity index (χ1) is 9.23. The maximum atomic E-state index is 11.6. The van der Waals surface area contributed by atoms with Gasteiger partial charge in [-0.1, -0.05) is 13.0 Å². The van der Waals surface area contributed by atoms with Crippen LogP contribution in [0.4, 0.5) is 0 Å². The maximum Gasteiger partial charge on any atom is 0.335 e. The second-order valence-electron chi connectivity index (χ2n) is 5.44. The molecule has 0 atom stereocenters. The summed E-state index contributed by atoms with van der Waals surface area (Å²) in [5.41, 5.74) is 1.42. The van der Waals surface area contributed by atoms with E-state index >= 15 is 0 Å². The summed E-state index contributed by atoms with van der Waals surface area (Å²) in [6, 6.07) is 4.84. The summed E-state index contributed by atoms with van der Waals surface area (Å²) in [6.45, 7) is 7.35. The Bertz CT molecular complexity index is 536. The summed E-state index contributed by atoms with van der Waals surface area (Å²) in [5, 5.41) is 8.95. The van der Waals surface area contributed by atoms with E-state index < -0.39 is 17.5 Å². The Morgan fingerprint density at radius 1 is 1.30 bits per heavy atom. The molecule has 108 valence electrons. The number of ether oxygens (including phenoxy) is 1. The molecule has 0 spiro atoms. The van der Waals surface area contributed by atoms with Crippen LogP contribution in [0.2, 0.25) is 0 Å². The molecule has 0 aliphatic rings. The first kappa shape index (κ1) is 16.0. The van der Waals surface area contributed by atoms with E-state index in [9.17, 15) is 9.59 Å². The lowest BCUT2D eigenvalue weighted by atomic mass is 10.0. The first-order valence-electron chi connectivity index (χ1n) is 6.50. The fraction of sp³-hybridized carbons (Fsp3) is 0.375. The van der Waals surface area contributed by atoms with Gasteiger partial charge in [-0.25, -0.2) is 9.59 Å². The van der Waals surface area contributed by atoms with Crippen molar-refractivity contribution in [3.05, 3.63) is 41.0 Å². The summed E-state index contributed by atoms with van der Waals surface area (Å²) in [4.78, 5) is 22.5. The molecule has 1 rings (SSSR count). The van der Waals surface area contributed by atoms with E-state index in [4.69, 9.17) is 9.84 Å². The minimum absolute atomic E-state index is 0.247. The fourth-order valence-corrected chi connectivity index (χ4v) is 1.70. The number of hydrogen-bond acceptors (Lipinski definition) is 3. The van der Waals surface area contributed by atoms with Crippen LogP contribution >= 0.6 is 0 Å². The van der Waals surface area contributed by atoms with Crippen molar-refractivity contribution < 1.29 is 19.4 Å². The molecule has 0 amide bonds. The standard InChI is InChI=1S/C16H20O4/c1-5-11-10-13(15(18)19)7-6-12(11)8-9-14(17)20-16(2,3)4/h6-10H,5H2,1-4H3,(H,18,19)/b9-8+. The lowest BCUT2D eigenvalue weighted by Crippen LogP contribution is -2.22. The van der Waals surface area contributed by atoms with E-state index in [1.54, 1.807) is 39.0 Å². The number of benzene rings is 1.